The molecule has 0 N–H and O–H groups in total. The minimum absolute atomic E-state index is 0.0846. The lowest BCUT2D eigenvalue weighted by atomic mass is 10.3. The van der Waals surface area contributed by atoms with Crippen molar-refractivity contribution in [3.05, 3.63) is 27.1 Å². The molecule has 0 aliphatic heterocycles. The van der Waals surface area contributed by atoms with Gasteiger partial charge in [0.15, 0.2) is 0 Å². The van der Waals surface area contributed by atoms with Crippen LogP contribution in [0.15, 0.2) is 32.0 Å². The van der Waals surface area contributed by atoms with Crippen LogP contribution in [0.1, 0.15) is 0 Å². The molecule has 0 saturated carbocycles. The molecule has 1 atom stereocenters. The average molecular weight is 452 g/mol. The summed E-state index contributed by atoms with van der Waals surface area (Å²) in [5.74, 6) is -6.42. The van der Waals surface area contributed by atoms with Crippen LogP contribution >= 0.6 is 31.9 Å². The van der Waals surface area contributed by atoms with Crippen LogP contribution in [-0.2, 0) is 10.8 Å². The molecule has 0 fully saturated rings. The number of hydrogen-bond acceptors (Lipinski definition) is 1. The molecule has 1 aromatic rings. The van der Waals surface area contributed by atoms with Gasteiger partial charge in [0.2, 0.25) is 0 Å². The summed E-state index contributed by atoms with van der Waals surface area (Å²) >= 11 is 5.64. The molecule has 114 valence electrons. The first kappa shape index (κ1) is 17.9. The summed E-state index contributed by atoms with van der Waals surface area (Å²) in [6.07, 6.45) is -6.52. The molecule has 20 heavy (non-hydrogen) atoms. The maximum absolute atomic E-state index is 13.2. The van der Waals surface area contributed by atoms with Crippen LogP contribution in [0.3, 0.4) is 0 Å². The number of hydrogen-bond donors (Lipinski definition) is 0. The fraction of sp³-hybridized carbons (Fsp3) is 0.333. The Morgan fingerprint density at radius 1 is 0.850 bits per heavy atom. The van der Waals surface area contributed by atoms with E-state index in [-0.39, 0.29) is 8.95 Å². The van der Waals surface area contributed by atoms with Gasteiger partial charge in [-0.3, -0.25) is 0 Å². The van der Waals surface area contributed by atoms with Crippen LogP contribution in [0, 0.1) is 0 Å². The lowest BCUT2D eigenvalue weighted by Gasteiger charge is -2.27. The molecule has 0 heterocycles. The van der Waals surface area contributed by atoms with Crippen molar-refractivity contribution in [2.75, 3.05) is 0 Å². The highest BCUT2D eigenvalue weighted by molar-refractivity contribution is 9.11. The van der Waals surface area contributed by atoms with E-state index in [0.29, 0.717) is 0 Å². The largest absolute Gasteiger partial charge is 0.461 e. The van der Waals surface area contributed by atoms with E-state index in [9.17, 15) is 34.9 Å². The molecule has 1 rings (SSSR count). The molecule has 0 amide bonds. The molecule has 0 radical (unpaired) electrons. The maximum Gasteiger partial charge on any atom is 0.461 e. The molecule has 0 aliphatic carbocycles. The number of halogens is 9. The molecule has 0 aromatic heterocycles. The summed E-state index contributed by atoms with van der Waals surface area (Å²) in [6, 6.07) is 2.84. The monoisotopic (exact) mass is 450 g/mol. The summed E-state index contributed by atoms with van der Waals surface area (Å²) in [6.45, 7) is 0. The first-order valence-corrected chi connectivity index (χ1v) is 7.24. The van der Waals surface area contributed by atoms with Crippen molar-refractivity contribution in [1.82, 2.24) is 0 Å². The number of alkyl halides is 7. The van der Waals surface area contributed by atoms with Gasteiger partial charge < -0.3 is 0 Å². The van der Waals surface area contributed by atoms with Gasteiger partial charge in [-0.25, -0.2) is 4.21 Å². The Bertz CT molecular complexity index is 523. The molecule has 11 heteroatoms. The Hall–Kier alpha value is -0.160. The Kier molecular flexibility index (Phi) is 4.97. The van der Waals surface area contributed by atoms with Gasteiger partial charge in [0.1, 0.15) is 10.8 Å². The predicted molar refractivity (Wildman–Crippen MR) is 64.2 cm³/mol. The average Bonchev–Trinajstić information content (AvgIpc) is 2.24. The van der Waals surface area contributed by atoms with Gasteiger partial charge in [-0.2, -0.15) is 30.7 Å². The van der Waals surface area contributed by atoms with Crippen molar-refractivity contribution in [3.63, 3.8) is 0 Å². The molecule has 1 nitrogen and oxygen atoms in total. The Morgan fingerprint density at radius 3 is 1.60 bits per heavy atom. The second-order valence-electron chi connectivity index (χ2n) is 3.46. The van der Waals surface area contributed by atoms with E-state index in [1.807, 2.05) is 0 Å². The number of rotatable bonds is 3. The lowest BCUT2D eigenvalue weighted by molar-refractivity contribution is -0.331. The van der Waals surface area contributed by atoms with E-state index < -0.39 is 33.0 Å². The van der Waals surface area contributed by atoms with E-state index in [4.69, 9.17) is 0 Å². The highest BCUT2D eigenvalue weighted by Crippen LogP contribution is 2.49. The minimum Gasteiger partial charge on any atom is -0.248 e. The van der Waals surface area contributed by atoms with Gasteiger partial charge in [0, 0.05) is 13.8 Å². The maximum atomic E-state index is 13.2. The smallest absolute Gasteiger partial charge is 0.248 e. The van der Waals surface area contributed by atoms with Gasteiger partial charge in [-0.15, -0.1) is 0 Å². The van der Waals surface area contributed by atoms with E-state index in [2.05, 4.69) is 31.9 Å². The van der Waals surface area contributed by atoms with Crippen molar-refractivity contribution in [1.29, 1.82) is 0 Å². The summed E-state index contributed by atoms with van der Waals surface area (Å²) < 4.78 is 99.5. The Balaban J connectivity index is 3.31. The number of benzene rings is 1. The van der Waals surface area contributed by atoms with Crippen molar-refractivity contribution < 1.29 is 34.9 Å². The van der Waals surface area contributed by atoms with E-state index in [0.717, 1.165) is 12.1 Å². The van der Waals surface area contributed by atoms with Crippen molar-refractivity contribution in [2.45, 2.75) is 22.2 Å². The SMILES string of the molecule is O=S(c1cc(Br)cc(Br)c1)C(F)(F)C(F)(F)C(F)(F)F. The van der Waals surface area contributed by atoms with E-state index in [1.54, 1.807) is 0 Å². The third-order valence-corrected chi connectivity index (χ3v) is 4.31. The van der Waals surface area contributed by atoms with Gasteiger partial charge in [0.25, 0.3) is 0 Å². The predicted octanol–water partition coefficient (Wildman–Crippen LogP) is 5.11. The van der Waals surface area contributed by atoms with Crippen LogP contribution in [0.2, 0.25) is 0 Å². The van der Waals surface area contributed by atoms with Crippen molar-refractivity contribution in [2.24, 2.45) is 0 Å². The molecule has 1 unspecified atom stereocenters. The third kappa shape index (κ3) is 3.19. The first-order chi connectivity index (χ1) is 8.80. The van der Waals surface area contributed by atoms with Gasteiger partial charge in [0.05, 0.1) is 0 Å². The fourth-order valence-electron chi connectivity index (χ4n) is 1.07. The van der Waals surface area contributed by atoms with Gasteiger partial charge in [-0.05, 0) is 18.2 Å². The summed E-state index contributed by atoms with van der Waals surface area (Å²) in [5, 5.41) is -5.80. The molecule has 0 saturated heterocycles. The van der Waals surface area contributed by atoms with Crippen LogP contribution in [-0.4, -0.2) is 21.6 Å². The standard InChI is InChI=1S/C9H3Br2F7OS/c10-4-1-5(11)3-6(2-4)20(19)9(17,18)7(12,13)8(14,15)16/h1-3H. The molecule has 0 spiro atoms. The van der Waals surface area contributed by atoms with E-state index in [1.165, 1.54) is 6.07 Å². The Morgan fingerprint density at radius 2 is 1.25 bits per heavy atom. The van der Waals surface area contributed by atoms with Crippen molar-refractivity contribution >= 4 is 42.7 Å². The zero-order chi connectivity index (χ0) is 15.9. The molecule has 0 aliphatic rings. The fourth-order valence-corrected chi connectivity index (χ4v) is 3.77. The third-order valence-electron chi connectivity index (χ3n) is 2.00. The quantitative estimate of drug-likeness (QED) is 0.584. The van der Waals surface area contributed by atoms with Crippen LogP contribution in [0.25, 0.3) is 0 Å². The topological polar surface area (TPSA) is 17.1 Å². The molecule has 0 bridgehead atoms. The second kappa shape index (κ2) is 5.56. The summed E-state index contributed by atoms with van der Waals surface area (Å²) in [7, 11) is -3.89. The molecular weight excluding hydrogens is 449 g/mol. The summed E-state index contributed by atoms with van der Waals surface area (Å²) in [5.41, 5.74) is 0. The Labute approximate surface area is 127 Å². The van der Waals surface area contributed by atoms with Crippen LogP contribution in [0.5, 0.6) is 0 Å². The van der Waals surface area contributed by atoms with Crippen LogP contribution in [0.4, 0.5) is 30.7 Å². The van der Waals surface area contributed by atoms with Gasteiger partial charge in [-0.1, -0.05) is 31.9 Å². The lowest BCUT2D eigenvalue weighted by Crippen LogP contribution is -2.54. The zero-order valence-electron chi connectivity index (χ0n) is 8.95. The highest BCUT2D eigenvalue weighted by Gasteiger charge is 2.76. The highest BCUT2D eigenvalue weighted by atomic mass is 79.9. The van der Waals surface area contributed by atoms with Crippen LogP contribution < -0.4 is 0 Å². The normalized spacial score (nSPS) is 15.2. The molecule has 1 aromatic carbocycles. The minimum atomic E-state index is -6.52. The summed E-state index contributed by atoms with van der Waals surface area (Å²) in [4.78, 5) is -0.875. The van der Waals surface area contributed by atoms with Crippen molar-refractivity contribution in [3.8, 4) is 0 Å². The zero-order valence-corrected chi connectivity index (χ0v) is 12.9. The second-order valence-corrected chi connectivity index (χ2v) is 6.82. The first-order valence-electron chi connectivity index (χ1n) is 4.51. The van der Waals surface area contributed by atoms with Gasteiger partial charge >= 0.3 is 17.4 Å². The van der Waals surface area contributed by atoms with E-state index >= 15 is 0 Å². The molecular formula is C9H3Br2F7OS.